The lowest BCUT2D eigenvalue weighted by molar-refractivity contribution is 0.729. The van der Waals surface area contributed by atoms with E-state index >= 15 is 0 Å². The second-order valence-electron chi connectivity index (χ2n) is 18.7. The van der Waals surface area contributed by atoms with Gasteiger partial charge in [-0.2, -0.15) is 0 Å². The van der Waals surface area contributed by atoms with E-state index in [0.29, 0.717) is 5.92 Å². The van der Waals surface area contributed by atoms with Crippen molar-refractivity contribution in [1.29, 1.82) is 0 Å². The van der Waals surface area contributed by atoms with Crippen LogP contribution in [-0.2, 0) is 0 Å². The molecule has 1 saturated heterocycles. The average molecular weight is 901 g/mol. The number of allylic oxidation sites excluding steroid dienone is 6. The fraction of sp³-hybridized carbons (Fsp3) is 0.0909. The van der Waals surface area contributed by atoms with Gasteiger partial charge in [-0.3, -0.25) is 0 Å². The zero-order valence-electron chi connectivity index (χ0n) is 38.9. The first kappa shape index (κ1) is 41.6. The van der Waals surface area contributed by atoms with Crippen molar-refractivity contribution in [1.82, 2.24) is 0 Å². The predicted octanol–water partition coefficient (Wildman–Crippen LogP) is 16.6. The molecule has 336 valence electrons. The standard InChI is InChI=1S/C66H52N4/c1-5-23-49(24-6-1)67(55-39-41-61-59-35-15-17-37-63(59)69(65(61)45-55)51-27-9-3-10-28-51)53-31-19-21-47(43-53)57-33-13-14-34-58(57)48-22-20-32-54(44-48)68(50-25-7-2-8-26-50)56-40-42-62-60-36-16-18-38-64(60)70(66(62)46-56)52-29-11-4-12-30-52/h1-35,37-39,41-46,56,60-61,65H,36,40H2. The van der Waals surface area contributed by atoms with Gasteiger partial charge in [0, 0.05) is 68.7 Å². The van der Waals surface area contributed by atoms with Crippen LogP contribution in [0.25, 0.3) is 22.3 Å². The van der Waals surface area contributed by atoms with Crippen LogP contribution in [0.5, 0.6) is 0 Å². The second kappa shape index (κ2) is 17.8. The Labute approximate surface area is 411 Å². The molecule has 3 aliphatic carbocycles. The van der Waals surface area contributed by atoms with Crippen LogP contribution in [0.3, 0.4) is 0 Å². The van der Waals surface area contributed by atoms with E-state index < -0.39 is 0 Å². The molecule has 2 aliphatic heterocycles. The summed E-state index contributed by atoms with van der Waals surface area (Å²) < 4.78 is 0. The molecule has 5 aliphatic rings. The van der Waals surface area contributed by atoms with Gasteiger partial charge >= 0.3 is 0 Å². The van der Waals surface area contributed by atoms with Gasteiger partial charge in [0.1, 0.15) is 0 Å². The van der Waals surface area contributed by atoms with Crippen molar-refractivity contribution in [3.8, 4) is 22.3 Å². The molecule has 13 rings (SSSR count). The normalized spacial score (nSPS) is 19.5. The van der Waals surface area contributed by atoms with E-state index in [-0.39, 0.29) is 18.0 Å². The van der Waals surface area contributed by atoms with Crippen LogP contribution in [0.2, 0.25) is 0 Å². The molecular weight excluding hydrogens is 849 g/mol. The van der Waals surface area contributed by atoms with Crippen LogP contribution < -0.4 is 19.6 Å². The SMILES string of the molecule is C1=CCC2C3=CCC(N(c4ccccc4)c4cccc(-c5ccccc5-c5cccc(N(C6=CC7C(C=C6)c6ccccc6N7c6ccccc6)c6ccccc6)c5)c4)C=C3N(c3ccccc3)C2=C1. The molecule has 0 spiro atoms. The summed E-state index contributed by atoms with van der Waals surface area (Å²) in [4.78, 5) is 9.98. The molecule has 70 heavy (non-hydrogen) atoms. The van der Waals surface area contributed by atoms with E-state index in [0.717, 1.165) is 35.6 Å². The number of anilines is 7. The Bertz CT molecular complexity index is 3420. The average Bonchev–Trinajstić information content (AvgIpc) is 3.94. The number of rotatable bonds is 10. The van der Waals surface area contributed by atoms with Crippen LogP contribution in [0.1, 0.15) is 24.3 Å². The van der Waals surface area contributed by atoms with Gasteiger partial charge < -0.3 is 19.6 Å². The molecule has 8 aromatic rings. The Hall–Kier alpha value is -8.60. The molecule has 0 radical (unpaired) electrons. The molecule has 0 N–H and O–H groups in total. The highest BCUT2D eigenvalue weighted by Crippen LogP contribution is 2.51. The summed E-state index contributed by atoms with van der Waals surface area (Å²) in [6.45, 7) is 0. The summed E-state index contributed by atoms with van der Waals surface area (Å²) in [6.07, 6.45) is 21.1. The maximum atomic E-state index is 2.54. The molecule has 4 atom stereocenters. The Morgan fingerprint density at radius 2 is 1.10 bits per heavy atom. The van der Waals surface area contributed by atoms with E-state index in [1.807, 2.05) is 0 Å². The number of hydrogen-bond donors (Lipinski definition) is 0. The molecular formula is C66H52N4. The molecule has 0 saturated carbocycles. The zero-order valence-corrected chi connectivity index (χ0v) is 38.9. The monoisotopic (exact) mass is 900 g/mol. The van der Waals surface area contributed by atoms with Gasteiger partial charge in [-0.1, -0.05) is 164 Å². The fourth-order valence-electron chi connectivity index (χ4n) is 11.7. The Morgan fingerprint density at radius 3 is 1.83 bits per heavy atom. The van der Waals surface area contributed by atoms with Gasteiger partial charge in [-0.15, -0.1) is 0 Å². The van der Waals surface area contributed by atoms with Crippen molar-refractivity contribution < 1.29 is 0 Å². The van der Waals surface area contributed by atoms with Crippen LogP contribution >= 0.6 is 0 Å². The minimum Gasteiger partial charge on any atom is -0.334 e. The molecule has 8 aromatic carbocycles. The summed E-state index contributed by atoms with van der Waals surface area (Å²) in [6, 6.07) is 79.7. The van der Waals surface area contributed by atoms with Crippen molar-refractivity contribution in [2.24, 2.45) is 5.92 Å². The van der Waals surface area contributed by atoms with Crippen LogP contribution in [0.15, 0.2) is 290 Å². The summed E-state index contributed by atoms with van der Waals surface area (Å²) in [5.74, 6) is 0.624. The van der Waals surface area contributed by atoms with E-state index in [4.69, 9.17) is 0 Å². The summed E-state index contributed by atoms with van der Waals surface area (Å²) >= 11 is 0. The van der Waals surface area contributed by atoms with Gasteiger partial charge in [-0.25, -0.2) is 0 Å². The lowest BCUT2D eigenvalue weighted by atomic mass is 9.87. The molecule has 0 aromatic heterocycles. The summed E-state index contributed by atoms with van der Waals surface area (Å²) in [7, 11) is 0. The van der Waals surface area contributed by atoms with Gasteiger partial charge in [0.05, 0.1) is 12.1 Å². The smallest absolute Gasteiger partial charge is 0.0649 e. The van der Waals surface area contributed by atoms with Crippen molar-refractivity contribution in [3.05, 3.63) is 295 Å². The first-order chi connectivity index (χ1) is 34.7. The molecule has 1 fully saturated rings. The largest absolute Gasteiger partial charge is 0.334 e. The Balaban J connectivity index is 0.873. The molecule has 0 amide bonds. The highest BCUT2D eigenvalue weighted by molar-refractivity contribution is 5.88. The van der Waals surface area contributed by atoms with E-state index in [1.165, 1.54) is 67.5 Å². The van der Waals surface area contributed by atoms with Crippen molar-refractivity contribution in [2.45, 2.75) is 30.8 Å². The predicted molar refractivity (Wildman–Crippen MR) is 292 cm³/mol. The summed E-state index contributed by atoms with van der Waals surface area (Å²) in [5, 5.41) is 0. The molecule has 0 bridgehead atoms. The lowest BCUT2D eigenvalue weighted by Crippen LogP contribution is -2.32. The maximum Gasteiger partial charge on any atom is 0.0649 e. The number of nitrogens with zero attached hydrogens (tertiary/aromatic N) is 4. The van der Waals surface area contributed by atoms with Crippen molar-refractivity contribution in [2.75, 3.05) is 19.6 Å². The molecule has 4 nitrogen and oxygen atoms in total. The minimum atomic E-state index is 0.101. The molecule has 4 heteroatoms. The van der Waals surface area contributed by atoms with Gasteiger partial charge in [0.25, 0.3) is 0 Å². The van der Waals surface area contributed by atoms with Gasteiger partial charge in [0.15, 0.2) is 0 Å². The first-order valence-electron chi connectivity index (χ1n) is 24.7. The Morgan fingerprint density at radius 1 is 0.500 bits per heavy atom. The number of fused-ring (bicyclic) bond motifs is 6. The second-order valence-corrected chi connectivity index (χ2v) is 18.7. The summed E-state index contributed by atoms with van der Waals surface area (Å²) in [5.41, 5.74) is 19.6. The maximum absolute atomic E-state index is 2.54. The third-order valence-corrected chi connectivity index (χ3v) is 14.7. The fourth-order valence-corrected chi connectivity index (χ4v) is 11.7. The van der Waals surface area contributed by atoms with Crippen molar-refractivity contribution in [3.63, 3.8) is 0 Å². The topological polar surface area (TPSA) is 13.0 Å². The zero-order chi connectivity index (χ0) is 46.4. The number of para-hydroxylation sites is 5. The first-order valence-corrected chi connectivity index (χ1v) is 24.7. The number of hydrogen-bond acceptors (Lipinski definition) is 4. The third-order valence-electron chi connectivity index (χ3n) is 14.7. The van der Waals surface area contributed by atoms with Crippen LogP contribution in [0.4, 0.5) is 39.8 Å². The highest BCUT2D eigenvalue weighted by atomic mass is 15.2. The van der Waals surface area contributed by atoms with Crippen LogP contribution in [-0.4, -0.2) is 12.1 Å². The molecule has 2 heterocycles. The van der Waals surface area contributed by atoms with Gasteiger partial charge in [0.2, 0.25) is 0 Å². The third kappa shape index (κ3) is 7.32. The minimum absolute atomic E-state index is 0.101. The quantitative estimate of drug-likeness (QED) is 0.136. The van der Waals surface area contributed by atoms with Gasteiger partial charge in [-0.05, 0) is 149 Å². The number of benzene rings is 8. The van der Waals surface area contributed by atoms with E-state index in [2.05, 4.69) is 287 Å². The highest BCUT2D eigenvalue weighted by Gasteiger charge is 2.41. The van der Waals surface area contributed by atoms with E-state index in [9.17, 15) is 0 Å². The Kier molecular flexibility index (Phi) is 10.6. The van der Waals surface area contributed by atoms with Crippen LogP contribution in [0, 0.1) is 5.92 Å². The van der Waals surface area contributed by atoms with Crippen molar-refractivity contribution >= 4 is 39.8 Å². The lowest BCUT2D eigenvalue weighted by Gasteiger charge is -2.35. The molecule has 4 unspecified atom stereocenters. The van der Waals surface area contributed by atoms with E-state index in [1.54, 1.807) is 0 Å².